The molecule has 8 nitrogen and oxygen atoms in total. The Morgan fingerprint density at radius 1 is 1.26 bits per heavy atom. The average molecular weight is 416 g/mol. The molecule has 1 unspecified atom stereocenters. The zero-order valence-corrected chi connectivity index (χ0v) is 17.0. The zero-order valence-electron chi connectivity index (χ0n) is 15.4. The number of alkyl carbamates (subject to hydrolysis) is 1. The Labute approximate surface area is 166 Å². The number of aliphatic carboxylic acids is 1. The molecule has 0 bridgehead atoms. The molecule has 1 aromatic carbocycles. The molecule has 0 saturated carbocycles. The first-order chi connectivity index (χ1) is 12.9. The lowest BCUT2D eigenvalue weighted by atomic mass is 10.2. The Balaban J connectivity index is 2.85. The third-order valence-corrected chi connectivity index (χ3v) is 5.19. The smallest absolute Gasteiger partial charge is 0.413 e. The van der Waals surface area contributed by atoms with Crippen LogP contribution in [0.2, 0.25) is 0 Å². The number of carboxylic acid groups (broad SMARTS) is 1. The number of unbranched alkanes of at least 4 members (excludes halogenated alkanes) is 1. The molecule has 0 aromatic heterocycles. The lowest BCUT2D eigenvalue weighted by Crippen LogP contribution is -2.34. The summed E-state index contributed by atoms with van der Waals surface area (Å²) in [6.07, 6.45) is 1.45. The molecule has 4 N–H and O–H groups in total. The van der Waals surface area contributed by atoms with E-state index in [9.17, 15) is 13.8 Å². The molecular formula is C17H25N3O5S2. The minimum Gasteiger partial charge on any atom is -0.481 e. The number of thiocarbonyl (C=S) groups is 1. The molecule has 0 radical (unpaired) electrons. The average Bonchev–Trinajstić information content (AvgIpc) is 2.62. The quantitative estimate of drug-likeness (QED) is 0.340. The monoisotopic (exact) mass is 415 g/mol. The highest BCUT2D eigenvalue weighted by atomic mass is 32.2. The predicted molar refractivity (Wildman–Crippen MR) is 110 cm³/mol. The normalized spacial score (nSPS) is 11.3. The Bertz CT molecular complexity index is 697. The molecule has 1 rings (SSSR count). The van der Waals surface area contributed by atoms with Gasteiger partial charge in [0.25, 0.3) is 0 Å². The van der Waals surface area contributed by atoms with Crippen molar-refractivity contribution >= 4 is 51.6 Å². The van der Waals surface area contributed by atoms with Gasteiger partial charge in [-0.05, 0) is 49.7 Å². The van der Waals surface area contributed by atoms with Crippen LogP contribution in [0.1, 0.15) is 32.6 Å². The van der Waals surface area contributed by atoms with Gasteiger partial charge in [-0.1, -0.05) is 6.92 Å². The van der Waals surface area contributed by atoms with Gasteiger partial charge in [0.2, 0.25) is 0 Å². The van der Waals surface area contributed by atoms with E-state index in [0.29, 0.717) is 41.4 Å². The molecule has 1 aromatic rings. The highest BCUT2D eigenvalue weighted by Gasteiger charge is 2.11. The van der Waals surface area contributed by atoms with Crippen molar-refractivity contribution in [2.75, 3.05) is 30.0 Å². The lowest BCUT2D eigenvalue weighted by molar-refractivity contribution is -0.137. The number of hydrogen-bond donors (Lipinski definition) is 4. The summed E-state index contributed by atoms with van der Waals surface area (Å²) in [4.78, 5) is 22.5. The molecule has 0 saturated heterocycles. The molecule has 0 spiro atoms. The Morgan fingerprint density at radius 3 is 2.63 bits per heavy atom. The van der Waals surface area contributed by atoms with Gasteiger partial charge in [0.1, 0.15) is 0 Å². The number of ether oxygens (including phenoxy) is 1. The van der Waals surface area contributed by atoms with Crippen LogP contribution >= 0.6 is 12.2 Å². The van der Waals surface area contributed by atoms with E-state index in [1.165, 1.54) is 7.11 Å². The number of rotatable bonds is 10. The summed E-state index contributed by atoms with van der Waals surface area (Å²) in [7, 11) is 0.128. The minimum absolute atomic E-state index is 0.0678. The van der Waals surface area contributed by atoms with Gasteiger partial charge < -0.3 is 20.5 Å². The van der Waals surface area contributed by atoms with Crippen LogP contribution in [0.25, 0.3) is 0 Å². The van der Waals surface area contributed by atoms with E-state index in [1.807, 2.05) is 6.92 Å². The fourth-order valence-corrected chi connectivity index (χ4v) is 3.41. The molecule has 0 aliphatic carbocycles. The van der Waals surface area contributed by atoms with Crippen LogP contribution < -0.4 is 16.0 Å². The summed E-state index contributed by atoms with van der Waals surface area (Å²) in [5, 5.41) is 17.2. The second-order valence-corrected chi connectivity index (χ2v) is 7.58. The number of carbonyl (C=O) groups is 2. The van der Waals surface area contributed by atoms with E-state index < -0.39 is 22.9 Å². The first kappa shape index (κ1) is 22.8. The highest BCUT2D eigenvalue weighted by Crippen LogP contribution is 2.25. The predicted octanol–water partition coefficient (Wildman–Crippen LogP) is 2.92. The summed E-state index contributed by atoms with van der Waals surface area (Å²) in [5.74, 6) is -0.263. The van der Waals surface area contributed by atoms with Crippen molar-refractivity contribution in [2.45, 2.75) is 37.5 Å². The van der Waals surface area contributed by atoms with E-state index in [4.69, 9.17) is 17.3 Å². The molecule has 0 heterocycles. The third kappa shape index (κ3) is 8.83. The standard InChI is InChI=1S/C17H25N3O5S2/c1-3-10-27(24)12-7-8-13(19-16(26)20-17(23)25-2)14(11-12)18-9-5-4-6-15(21)22/h7-8,11,18H,3-6,9-10H2,1-2H3,(H,21,22)(H2,19,20,23,26). The van der Waals surface area contributed by atoms with E-state index in [0.717, 1.165) is 6.42 Å². The Kier molecular flexibility index (Phi) is 10.3. The van der Waals surface area contributed by atoms with Crippen LogP contribution in [-0.2, 0) is 20.3 Å². The lowest BCUT2D eigenvalue weighted by Gasteiger charge is -2.16. The third-order valence-electron chi connectivity index (χ3n) is 3.43. The summed E-state index contributed by atoms with van der Waals surface area (Å²) < 4.78 is 16.8. The molecule has 150 valence electrons. The molecule has 27 heavy (non-hydrogen) atoms. The van der Waals surface area contributed by atoms with Gasteiger partial charge in [0.15, 0.2) is 5.11 Å². The fraction of sp³-hybridized carbons (Fsp3) is 0.471. The van der Waals surface area contributed by atoms with Crippen molar-refractivity contribution in [3.63, 3.8) is 0 Å². The summed E-state index contributed by atoms with van der Waals surface area (Å²) in [5.41, 5.74) is 1.27. The number of methoxy groups -OCH3 is 1. The van der Waals surface area contributed by atoms with Crippen molar-refractivity contribution in [3.8, 4) is 0 Å². The summed E-state index contributed by atoms with van der Waals surface area (Å²) in [6.45, 7) is 2.51. The molecule has 0 aliphatic heterocycles. The van der Waals surface area contributed by atoms with Gasteiger partial charge >= 0.3 is 12.1 Å². The topological polar surface area (TPSA) is 117 Å². The summed E-state index contributed by atoms with van der Waals surface area (Å²) >= 11 is 5.07. The maximum atomic E-state index is 12.3. The van der Waals surface area contributed by atoms with Gasteiger partial charge in [-0.3, -0.25) is 14.3 Å². The zero-order chi connectivity index (χ0) is 20.2. The van der Waals surface area contributed by atoms with E-state index in [2.05, 4.69) is 20.7 Å². The molecular weight excluding hydrogens is 390 g/mol. The van der Waals surface area contributed by atoms with Gasteiger partial charge in [0, 0.05) is 23.6 Å². The van der Waals surface area contributed by atoms with Crippen molar-refractivity contribution in [3.05, 3.63) is 18.2 Å². The SMILES string of the molecule is CCCS(=O)c1ccc(NC(=S)NC(=O)OC)c(NCCCCC(=O)O)c1. The molecule has 10 heteroatoms. The summed E-state index contributed by atoms with van der Waals surface area (Å²) in [6, 6.07) is 5.24. The van der Waals surface area contributed by atoms with Crippen LogP contribution in [0.5, 0.6) is 0 Å². The van der Waals surface area contributed by atoms with Gasteiger partial charge in [-0.15, -0.1) is 0 Å². The van der Waals surface area contributed by atoms with Crippen molar-refractivity contribution in [2.24, 2.45) is 0 Å². The van der Waals surface area contributed by atoms with Gasteiger partial charge in [-0.25, -0.2) is 4.79 Å². The number of anilines is 2. The van der Waals surface area contributed by atoms with Gasteiger partial charge in [-0.2, -0.15) is 0 Å². The van der Waals surface area contributed by atoms with Crippen LogP contribution in [0.3, 0.4) is 0 Å². The molecule has 0 fully saturated rings. The van der Waals surface area contributed by atoms with Crippen molar-refractivity contribution in [1.82, 2.24) is 5.32 Å². The van der Waals surface area contributed by atoms with E-state index >= 15 is 0 Å². The number of benzene rings is 1. The van der Waals surface area contributed by atoms with Gasteiger partial charge in [0.05, 0.1) is 29.3 Å². The molecule has 1 amide bonds. The second-order valence-electron chi connectivity index (χ2n) is 5.61. The maximum Gasteiger partial charge on any atom is 0.413 e. The largest absolute Gasteiger partial charge is 0.481 e. The number of carbonyl (C=O) groups excluding carboxylic acids is 1. The van der Waals surface area contributed by atoms with Crippen LogP contribution in [-0.4, -0.2) is 45.9 Å². The number of nitrogens with one attached hydrogen (secondary N) is 3. The van der Waals surface area contributed by atoms with Crippen molar-refractivity contribution in [1.29, 1.82) is 0 Å². The second kappa shape index (κ2) is 12.2. The Morgan fingerprint density at radius 2 is 2.00 bits per heavy atom. The van der Waals surface area contributed by atoms with Crippen LogP contribution in [0.15, 0.2) is 23.1 Å². The maximum absolute atomic E-state index is 12.3. The van der Waals surface area contributed by atoms with Crippen LogP contribution in [0.4, 0.5) is 16.2 Å². The van der Waals surface area contributed by atoms with Crippen molar-refractivity contribution < 1.29 is 23.6 Å². The van der Waals surface area contributed by atoms with E-state index in [1.54, 1.807) is 18.2 Å². The number of carboxylic acids is 1. The van der Waals surface area contributed by atoms with Crippen LogP contribution in [0, 0.1) is 0 Å². The first-order valence-corrected chi connectivity index (χ1v) is 10.2. The molecule has 0 aliphatic rings. The first-order valence-electron chi connectivity index (χ1n) is 8.51. The highest BCUT2D eigenvalue weighted by molar-refractivity contribution is 7.85. The number of amides is 1. The minimum atomic E-state index is -1.11. The fourth-order valence-electron chi connectivity index (χ4n) is 2.15. The molecule has 1 atom stereocenters. The number of hydrogen-bond acceptors (Lipinski definition) is 6. The Hall–Kier alpha value is -2.20. The van der Waals surface area contributed by atoms with E-state index in [-0.39, 0.29) is 11.5 Å².